The van der Waals surface area contributed by atoms with Crippen molar-refractivity contribution < 1.29 is 43.1 Å². The van der Waals surface area contributed by atoms with Crippen molar-refractivity contribution in [3.8, 4) is 0 Å². The van der Waals surface area contributed by atoms with E-state index in [9.17, 15) is 0 Å². The summed E-state index contributed by atoms with van der Waals surface area (Å²) in [6.07, 6.45) is 0. The third kappa shape index (κ3) is 3610000. The predicted molar refractivity (Wildman–Crippen MR) is 46.2 cm³/mol. The maximum atomic E-state index is 8.70. The molecule has 0 heterocycles. The van der Waals surface area contributed by atoms with Crippen LogP contribution in [-0.4, -0.2) is 29.4 Å². The smallest absolute Gasteiger partial charge is 0.344 e. The Morgan fingerprint density at radius 1 is 0.500 bits per heavy atom. The molecular formula is H12N2O9P3+3. The molecule has 11 nitrogen and oxygen atoms in total. The van der Waals surface area contributed by atoms with Crippen molar-refractivity contribution in [3.63, 3.8) is 0 Å². The zero-order valence-corrected chi connectivity index (χ0v) is 9.35. The van der Waals surface area contributed by atoms with Gasteiger partial charge in [0.1, 0.15) is 0 Å². The molecule has 0 bridgehead atoms. The molecule has 0 aromatic heterocycles. The first kappa shape index (κ1) is 29.2. The molecule has 0 rings (SSSR count). The van der Waals surface area contributed by atoms with Crippen molar-refractivity contribution in [2.45, 2.75) is 0 Å². The molecule has 0 aliphatic rings. The summed E-state index contributed by atoms with van der Waals surface area (Å²) in [5.74, 6) is 0. The maximum absolute atomic E-state index is 8.70. The lowest BCUT2D eigenvalue weighted by atomic mass is 14.0. The highest BCUT2D eigenvalue weighted by molar-refractivity contribution is 7.31. The minimum absolute atomic E-state index is 0. The van der Waals surface area contributed by atoms with Gasteiger partial charge in [-0.25, -0.2) is 0 Å². The second-order valence-corrected chi connectivity index (χ2v) is 2.27. The predicted octanol–water partition coefficient (Wildman–Crippen LogP) is -0.791. The van der Waals surface area contributed by atoms with Crippen LogP contribution in [0.15, 0.2) is 0 Å². The van der Waals surface area contributed by atoms with Crippen molar-refractivity contribution in [3.05, 3.63) is 0 Å². The summed E-state index contributed by atoms with van der Waals surface area (Å²) in [5.41, 5.74) is 0. The van der Waals surface area contributed by atoms with Gasteiger partial charge in [0.25, 0.3) is 0 Å². The second-order valence-electron chi connectivity index (χ2n) is 0.758. The molecule has 14 heteroatoms. The normalized spacial score (nSPS) is 5.57. The van der Waals surface area contributed by atoms with Crippen LogP contribution in [0.5, 0.6) is 0 Å². The van der Waals surface area contributed by atoms with Gasteiger partial charge in [-0.15, -0.1) is 29.4 Å². The first-order valence-corrected chi connectivity index (χ1v) is 5.24. The van der Waals surface area contributed by atoms with Crippen LogP contribution in [0.4, 0.5) is 0 Å². The summed E-state index contributed by atoms with van der Waals surface area (Å²) >= 11 is 0. The van der Waals surface area contributed by atoms with E-state index in [0.29, 0.717) is 0 Å². The Balaban J connectivity index is -0.0000000270. The van der Waals surface area contributed by atoms with Gasteiger partial charge in [-0.2, -0.15) is 0 Å². The summed E-state index contributed by atoms with van der Waals surface area (Å²) in [7, 11) is -8.61. The van der Waals surface area contributed by atoms with Crippen LogP contribution in [0.2, 0.25) is 0 Å². The largest absolute Gasteiger partial charge is 0.692 e. The lowest BCUT2D eigenvalue weighted by Gasteiger charge is -1.34. The topological polar surface area (TPSA) is 243 Å². The molecule has 0 saturated carbocycles. The summed E-state index contributed by atoms with van der Waals surface area (Å²) in [6.45, 7) is 0. The van der Waals surface area contributed by atoms with Gasteiger partial charge < -0.3 is 12.3 Å². The lowest BCUT2D eigenvalue weighted by Crippen LogP contribution is -1.38. The van der Waals surface area contributed by atoms with Crippen molar-refractivity contribution in [1.29, 1.82) is 0 Å². The van der Waals surface area contributed by atoms with E-state index >= 15 is 0 Å². The summed E-state index contributed by atoms with van der Waals surface area (Å²) < 4.78 is 26.1. The molecule has 12 N–H and O–H groups in total. The Labute approximate surface area is 81.1 Å². The quantitative estimate of drug-likeness (QED) is 0.255. The van der Waals surface area contributed by atoms with Crippen molar-refractivity contribution in [2.75, 3.05) is 0 Å². The van der Waals surface area contributed by atoms with Gasteiger partial charge in [0, 0.05) is 13.7 Å². The molecule has 0 saturated heterocycles. The molecule has 0 unspecified atom stereocenters. The SMILES string of the molecule is N.N.O=[P+](O)O.O=[P+](O)O.O=[P+](O)O. The van der Waals surface area contributed by atoms with E-state index in [1.807, 2.05) is 0 Å². The highest BCUT2D eigenvalue weighted by atomic mass is 31.1. The minimum atomic E-state index is -2.87. The molecule has 0 radical (unpaired) electrons. The molecule has 14 heavy (non-hydrogen) atoms. The van der Waals surface area contributed by atoms with Crippen molar-refractivity contribution in [1.82, 2.24) is 12.3 Å². The zero-order valence-electron chi connectivity index (χ0n) is 6.66. The van der Waals surface area contributed by atoms with Gasteiger partial charge in [0.15, 0.2) is 0 Å². The van der Waals surface area contributed by atoms with Gasteiger partial charge >= 0.3 is 24.8 Å². The van der Waals surface area contributed by atoms with E-state index in [1.165, 1.54) is 0 Å². The third-order valence-corrected chi connectivity index (χ3v) is 0. The molecule has 0 atom stereocenters. The van der Waals surface area contributed by atoms with Gasteiger partial charge in [0.05, 0.1) is 0 Å². The maximum Gasteiger partial charge on any atom is 0.692 e. The molecule has 88 valence electrons. The standard InChI is InChI=1S/2H3N.3HO3P/c;;3*1-4(2)3/h2*1H3;3*(H-,1,2,3)/p+3. The fourth-order valence-electron chi connectivity index (χ4n) is 0. The van der Waals surface area contributed by atoms with E-state index in [-0.39, 0.29) is 12.3 Å². The van der Waals surface area contributed by atoms with Gasteiger partial charge in [-0.3, -0.25) is 0 Å². The van der Waals surface area contributed by atoms with Crippen molar-refractivity contribution in [2.24, 2.45) is 0 Å². The molecule has 0 aliphatic heterocycles. The van der Waals surface area contributed by atoms with E-state index < -0.39 is 24.8 Å². The van der Waals surface area contributed by atoms with Crippen LogP contribution >= 0.6 is 24.8 Å². The summed E-state index contributed by atoms with van der Waals surface area (Å²) in [5, 5.41) is 0. The highest BCUT2D eigenvalue weighted by Gasteiger charge is 1.93. The molecule has 0 aromatic carbocycles. The molecular weight excluding hydrogens is 265 g/mol. The molecule has 0 aromatic rings. The highest BCUT2D eigenvalue weighted by Crippen LogP contribution is 1.99. The van der Waals surface area contributed by atoms with E-state index in [0.717, 1.165) is 0 Å². The van der Waals surface area contributed by atoms with Gasteiger partial charge in [-0.05, 0) is 0 Å². The number of rotatable bonds is 0. The molecule has 0 spiro atoms. The van der Waals surface area contributed by atoms with Crippen LogP contribution in [-0.2, 0) is 13.7 Å². The van der Waals surface area contributed by atoms with Crippen molar-refractivity contribution >= 4 is 24.8 Å². The molecule has 0 aliphatic carbocycles. The number of hydrogen-bond donors (Lipinski definition) is 8. The Morgan fingerprint density at radius 3 is 0.500 bits per heavy atom. The van der Waals surface area contributed by atoms with Crippen LogP contribution in [0.25, 0.3) is 0 Å². The average Bonchev–Trinajstić information content (AvgIpc) is 1.54. The Bertz CT molecular complexity index is 116. The monoisotopic (exact) mass is 277 g/mol. The van der Waals surface area contributed by atoms with Crippen LogP contribution in [0.1, 0.15) is 0 Å². The lowest BCUT2D eigenvalue weighted by molar-refractivity contribution is 0.403. The van der Waals surface area contributed by atoms with E-state index in [2.05, 4.69) is 0 Å². The third-order valence-electron chi connectivity index (χ3n) is 0. The average molecular weight is 277 g/mol. The first-order chi connectivity index (χ1) is 5.20. The summed E-state index contributed by atoms with van der Waals surface area (Å²) in [6, 6.07) is 0. The zero-order chi connectivity index (χ0) is 10.7. The van der Waals surface area contributed by atoms with E-state index in [4.69, 9.17) is 43.1 Å². The second kappa shape index (κ2) is 23.1. The van der Waals surface area contributed by atoms with Gasteiger partial charge in [-0.1, -0.05) is 0 Å². The number of hydrogen-bond acceptors (Lipinski definition) is 5. The summed E-state index contributed by atoms with van der Waals surface area (Å²) in [4.78, 5) is 42.7. The minimum Gasteiger partial charge on any atom is -0.344 e. The van der Waals surface area contributed by atoms with Gasteiger partial charge in [0.2, 0.25) is 0 Å². The van der Waals surface area contributed by atoms with Crippen LogP contribution in [0, 0.1) is 0 Å². The van der Waals surface area contributed by atoms with E-state index in [1.54, 1.807) is 0 Å². The molecule has 0 fully saturated rings. The first-order valence-electron chi connectivity index (χ1n) is 1.75. The fraction of sp³-hybridized carbons (Fsp3) is 0. The fourth-order valence-corrected chi connectivity index (χ4v) is 0. The Hall–Kier alpha value is -0.0200. The Kier molecular flexibility index (Phi) is 48.2. The molecule has 0 amide bonds. The van der Waals surface area contributed by atoms with Crippen LogP contribution < -0.4 is 12.3 Å². The van der Waals surface area contributed by atoms with Crippen LogP contribution in [0.3, 0.4) is 0 Å². The Morgan fingerprint density at radius 2 is 0.500 bits per heavy atom.